The number of rotatable bonds is 4. The molecule has 3 aromatic rings. The van der Waals surface area contributed by atoms with Crippen LogP contribution in [-0.4, -0.2) is 20.5 Å². The number of aryl methyl sites for hydroxylation is 1. The van der Waals surface area contributed by atoms with Crippen LogP contribution in [-0.2, 0) is 10.1 Å². The van der Waals surface area contributed by atoms with E-state index < -0.39 is 10.1 Å². The Labute approximate surface area is 132 Å². The molecule has 0 aliphatic heterocycles. The molecular formula is C15H13NO4S2. The molecule has 114 valence electrons. The molecule has 3 rings (SSSR count). The molecule has 1 aromatic heterocycles. The maximum Gasteiger partial charge on any atom is 0.341 e. The summed E-state index contributed by atoms with van der Waals surface area (Å²) in [6.07, 6.45) is 0. The summed E-state index contributed by atoms with van der Waals surface area (Å²) in [5.41, 5.74) is 1.30. The van der Waals surface area contributed by atoms with Gasteiger partial charge in [-0.3, -0.25) is 0 Å². The highest BCUT2D eigenvalue weighted by Crippen LogP contribution is 2.32. The van der Waals surface area contributed by atoms with E-state index in [0.717, 1.165) is 16.0 Å². The third-order valence-electron chi connectivity index (χ3n) is 3.12. The summed E-state index contributed by atoms with van der Waals surface area (Å²) in [5, 5.41) is 0.0894. The minimum atomic E-state index is -3.89. The van der Waals surface area contributed by atoms with E-state index in [4.69, 9.17) is 8.92 Å². The van der Waals surface area contributed by atoms with Gasteiger partial charge in [-0.1, -0.05) is 29.5 Å². The Balaban J connectivity index is 1.97. The van der Waals surface area contributed by atoms with Gasteiger partial charge in [-0.05, 0) is 36.8 Å². The second-order valence-electron chi connectivity index (χ2n) is 4.62. The lowest BCUT2D eigenvalue weighted by molar-refractivity contribution is 0.415. The van der Waals surface area contributed by atoms with E-state index in [1.165, 1.54) is 6.07 Å². The summed E-state index contributed by atoms with van der Waals surface area (Å²) in [6.45, 7) is 1.72. The number of methoxy groups -OCH3 is 1. The first kappa shape index (κ1) is 14.8. The highest BCUT2D eigenvalue weighted by atomic mass is 32.2. The van der Waals surface area contributed by atoms with E-state index in [-0.39, 0.29) is 10.1 Å². The van der Waals surface area contributed by atoms with Crippen LogP contribution in [0.15, 0.2) is 47.4 Å². The third-order valence-corrected chi connectivity index (χ3v) is 5.50. The molecule has 0 spiro atoms. The van der Waals surface area contributed by atoms with Gasteiger partial charge in [-0.25, -0.2) is 4.98 Å². The lowest BCUT2D eigenvalue weighted by Crippen LogP contribution is -2.10. The fourth-order valence-electron chi connectivity index (χ4n) is 2.02. The number of hydrogen-bond acceptors (Lipinski definition) is 6. The molecular weight excluding hydrogens is 322 g/mol. The van der Waals surface area contributed by atoms with Crippen molar-refractivity contribution in [2.75, 3.05) is 7.11 Å². The zero-order chi connectivity index (χ0) is 15.7. The Hall–Kier alpha value is -2.12. The van der Waals surface area contributed by atoms with E-state index in [0.29, 0.717) is 16.8 Å². The summed E-state index contributed by atoms with van der Waals surface area (Å²) in [4.78, 5) is 4.34. The first-order chi connectivity index (χ1) is 10.5. The minimum Gasteiger partial charge on any atom is -0.497 e. The van der Waals surface area contributed by atoms with Gasteiger partial charge in [0.2, 0.25) is 0 Å². The molecule has 22 heavy (non-hydrogen) atoms. The zero-order valence-electron chi connectivity index (χ0n) is 11.9. The lowest BCUT2D eigenvalue weighted by Gasteiger charge is -2.06. The van der Waals surface area contributed by atoms with Crippen molar-refractivity contribution in [3.8, 4) is 10.9 Å². The number of ether oxygens (including phenoxy) is 1. The largest absolute Gasteiger partial charge is 0.497 e. The van der Waals surface area contributed by atoms with E-state index >= 15 is 0 Å². The normalized spacial score (nSPS) is 11.5. The summed E-state index contributed by atoms with van der Waals surface area (Å²) in [5.74, 6) is 0.685. The molecule has 0 saturated heterocycles. The van der Waals surface area contributed by atoms with Gasteiger partial charge in [0.05, 0.1) is 17.3 Å². The molecule has 1 heterocycles. The summed E-state index contributed by atoms with van der Waals surface area (Å²) >= 11 is 1.16. The average Bonchev–Trinajstić information content (AvgIpc) is 2.87. The topological polar surface area (TPSA) is 65.5 Å². The number of hydrogen-bond donors (Lipinski definition) is 0. The summed E-state index contributed by atoms with van der Waals surface area (Å²) < 4.78 is 35.8. The van der Waals surface area contributed by atoms with Crippen molar-refractivity contribution in [3.05, 3.63) is 48.0 Å². The SMILES string of the molecule is COc1ccc2nc(OS(=O)(=O)c3ccccc3C)sc2c1. The zero-order valence-corrected chi connectivity index (χ0v) is 13.6. The van der Waals surface area contributed by atoms with Crippen molar-refractivity contribution < 1.29 is 17.3 Å². The van der Waals surface area contributed by atoms with Crippen molar-refractivity contribution in [1.82, 2.24) is 4.98 Å². The van der Waals surface area contributed by atoms with Crippen molar-refractivity contribution >= 4 is 31.7 Å². The van der Waals surface area contributed by atoms with Gasteiger partial charge in [0.1, 0.15) is 10.6 Å². The Morgan fingerprint density at radius 1 is 1.14 bits per heavy atom. The van der Waals surface area contributed by atoms with Crippen LogP contribution >= 0.6 is 11.3 Å². The molecule has 2 aromatic carbocycles. The fraction of sp³-hybridized carbons (Fsp3) is 0.133. The van der Waals surface area contributed by atoms with E-state index in [1.54, 1.807) is 50.4 Å². The molecule has 0 radical (unpaired) electrons. The van der Waals surface area contributed by atoms with Crippen molar-refractivity contribution in [2.45, 2.75) is 11.8 Å². The minimum absolute atomic E-state index is 0.0894. The third kappa shape index (κ3) is 2.77. The quantitative estimate of drug-likeness (QED) is 0.684. The second kappa shape index (κ2) is 5.58. The smallest absolute Gasteiger partial charge is 0.341 e. The lowest BCUT2D eigenvalue weighted by atomic mass is 10.2. The van der Waals surface area contributed by atoms with Gasteiger partial charge in [-0.15, -0.1) is 0 Å². The van der Waals surface area contributed by atoms with Crippen molar-refractivity contribution in [2.24, 2.45) is 0 Å². The molecule has 0 N–H and O–H groups in total. The molecule has 0 unspecified atom stereocenters. The monoisotopic (exact) mass is 335 g/mol. The van der Waals surface area contributed by atoms with E-state index in [2.05, 4.69) is 4.98 Å². The standard InChI is InChI=1S/C15H13NO4S2/c1-10-5-3-4-6-14(10)22(17,18)20-15-16-12-8-7-11(19-2)9-13(12)21-15/h3-9H,1-2H3. The number of nitrogens with zero attached hydrogens (tertiary/aromatic N) is 1. The maximum atomic E-state index is 12.3. The van der Waals surface area contributed by atoms with Crippen molar-refractivity contribution in [1.29, 1.82) is 0 Å². The Morgan fingerprint density at radius 2 is 1.91 bits per heavy atom. The second-order valence-corrected chi connectivity index (χ2v) is 7.12. The molecule has 0 saturated carbocycles. The van der Waals surface area contributed by atoms with Crippen molar-refractivity contribution in [3.63, 3.8) is 0 Å². The van der Waals surface area contributed by atoms with Gasteiger partial charge in [0.25, 0.3) is 5.19 Å². The van der Waals surface area contributed by atoms with Crippen LogP contribution in [0.5, 0.6) is 10.9 Å². The molecule has 0 aliphatic rings. The first-order valence-electron chi connectivity index (χ1n) is 6.44. The van der Waals surface area contributed by atoms with Gasteiger partial charge in [0, 0.05) is 0 Å². The van der Waals surface area contributed by atoms with Crippen LogP contribution in [0.2, 0.25) is 0 Å². The highest BCUT2D eigenvalue weighted by Gasteiger charge is 2.21. The van der Waals surface area contributed by atoms with E-state index in [9.17, 15) is 8.42 Å². The summed E-state index contributed by atoms with van der Waals surface area (Å²) in [7, 11) is -2.32. The molecule has 5 nitrogen and oxygen atoms in total. The molecule has 0 aliphatic carbocycles. The predicted molar refractivity (Wildman–Crippen MR) is 85.2 cm³/mol. The molecule has 0 atom stereocenters. The Morgan fingerprint density at radius 3 is 2.64 bits per heavy atom. The van der Waals surface area contributed by atoms with E-state index in [1.807, 2.05) is 0 Å². The first-order valence-corrected chi connectivity index (χ1v) is 8.67. The predicted octanol–water partition coefficient (Wildman–Crippen LogP) is 3.38. The van der Waals surface area contributed by atoms with Crippen LogP contribution in [0.25, 0.3) is 10.2 Å². The maximum absolute atomic E-state index is 12.3. The van der Waals surface area contributed by atoms with Crippen LogP contribution in [0.3, 0.4) is 0 Å². The Kier molecular flexibility index (Phi) is 3.76. The van der Waals surface area contributed by atoms with Gasteiger partial charge in [0.15, 0.2) is 0 Å². The highest BCUT2D eigenvalue weighted by molar-refractivity contribution is 7.87. The van der Waals surface area contributed by atoms with Gasteiger partial charge in [-0.2, -0.15) is 8.42 Å². The average molecular weight is 335 g/mol. The van der Waals surface area contributed by atoms with Crippen LogP contribution < -0.4 is 8.92 Å². The molecule has 0 bridgehead atoms. The molecule has 7 heteroatoms. The number of benzene rings is 2. The van der Waals surface area contributed by atoms with Gasteiger partial charge < -0.3 is 8.92 Å². The Bertz CT molecular complexity index is 932. The fourth-order valence-corrected chi connectivity index (χ4v) is 4.17. The molecule has 0 amide bonds. The van der Waals surface area contributed by atoms with Crippen LogP contribution in [0, 0.1) is 6.92 Å². The van der Waals surface area contributed by atoms with Crippen LogP contribution in [0.4, 0.5) is 0 Å². The van der Waals surface area contributed by atoms with Gasteiger partial charge >= 0.3 is 10.1 Å². The number of thiazole rings is 1. The number of fused-ring (bicyclic) bond motifs is 1. The molecule has 0 fully saturated rings. The van der Waals surface area contributed by atoms with Crippen LogP contribution in [0.1, 0.15) is 5.56 Å². The summed E-state index contributed by atoms with van der Waals surface area (Å²) in [6, 6.07) is 12.0. The number of aromatic nitrogens is 1.